The SMILES string of the molecule is CC1CN(CC=C2c3ccccc3CCc3ccccc32)CC1(C)C. The molecule has 2 aliphatic rings. The minimum absolute atomic E-state index is 0.428. The first-order chi connectivity index (χ1) is 12.0. The summed E-state index contributed by atoms with van der Waals surface area (Å²) in [5.74, 6) is 0.764. The van der Waals surface area contributed by atoms with E-state index in [0.29, 0.717) is 5.41 Å². The summed E-state index contributed by atoms with van der Waals surface area (Å²) in [6, 6.07) is 17.9. The fraction of sp³-hybridized carbons (Fsp3) is 0.417. The van der Waals surface area contributed by atoms with Crippen LogP contribution in [0.3, 0.4) is 0 Å². The molecule has 0 radical (unpaired) electrons. The van der Waals surface area contributed by atoms with Crippen molar-refractivity contribution in [1.29, 1.82) is 0 Å². The Hall–Kier alpha value is -1.86. The van der Waals surface area contributed by atoms with Crippen LogP contribution in [0.15, 0.2) is 54.6 Å². The molecule has 25 heavy (non-hydrogen) atoms. The van der Waals surface area contributed by atoms with Crippen molar-refractivity contribution in [3.05, 3.63) is 76.9 Å². The molecule has 130 valence electrons. The minimum Gasteiger partial charge on any atom is -0.299 e. The summed E-state index contributed by atoms with van der Waals surface area (Å²) in [4.78, 5) is 2.62. The molecule has 0 saturated carbocycles. The molecule has 0 bridgehead atoms. The number of aryl methyl sites for hydroxylation is 2. The highest BCUT2D eigenvalue weighted by molar-refractivity contribution is 5.84. The van der Waals surface area contributed by atoms with Crippen LogP contribution in [0, 0.1) is 11.3 Å². The Labute approximate surface area is 152 Å². The van der Waals surface area contributed by atoms with Gasteiger partial charge in [-0.1, -0.05) is 75.4 Å². The highest BCUT2D eigenvalue weighted by atomic mass is 15.2. The van der Waals surface area contributed by atoms with E-state index in [2.05, 4.69) is 80.3 Å². The fourth-order valence-corrected chi connectivity index (χ4v) is 4.43. The zero-order valence-corrected chi connectivity index (χ0v) is 15.8. The fourth-order valence-electron chi connectivity index (χ4n) is 4.43. The van der Waals surface area contributed by atoms with Gasteiger partial charge in [-0.05, 0) is 52.0 Å². The molecule has 0 N–H and O–H groups in total. The van der Waals surface area contributed by atoms with Crippen molar-refractivity contribution in [2.45, 2.75) is 33.6 Å². The molecule has 1 aliphatic carbocycles. The van der Waals surface area contributed by atoms with Crippen molar-refractivity contribution in [1.82, 2.24) is 4.90 Å². The van der Waals surface area contributed by atoms with Crippen LogP contribution in [0.2, 0.25) is 0 Å². The number of fused-ring (bicyclic) bond motifs is 2. The van der Waals surface area contributed by atoms with Crippen LogP contribution in [0.25, 0.3) is 5.57 Å². The van der Waals surface area contributed by atoms with Crippen LogP contribution < -0.4 is 0 Å². The van der Waals surface area contributed by atoms with Gasteiger partial charge in [0.2, 0.25) is 0 Å². The van der Waals surface area contributed by atoms with E-state index in [1.54, 1.807) is 0 Å². The predicted octanol–water partition coefficient (Wildman–Crippen LogP) is 5.19. The first-order valence-corrected chi connectivity index (χ1v) is 9.64. The lowest BCUT2D eigenvalue weighted by molar-refractivity contribution is 0.290. The summed E-state index contributed by atoms with van der Waals surface area (Å²) >= 11 is 0. The maximum Gasteiger partial charge on any atom is 0.0172 e. The van der Waals surface area contributed by atoms with E-state index in [0.717, 1.165) is 25.3 Å². The molecule has 0 amide bonds. The molecule has 4 rings (SSSR count). The molecule has 1 nitrogen and oxygen atoms in total. The third kappa shape index (κ3) is 3.18. The molecular weight excluding hydrogens is 302 g/mol. The van der Waals surface area contributed by atoms with Gasteiger partial charge >= 0.3 is 0 Å². The van der Waals surface area contributed by atoms with Gasteiger partial charge in [0, 0.05) is 19.6 Å². The Balaban J connectivity index is 1.71. The molecule has 1 unspecified atom stereocenters. The second kappa shape index (κ2) is 6.46. The van der Waals surface area contributed by atoms with Crippen molar-refractivity contribution in [2.24, 2.45) is 11.3 Å². The summed E-state index contributed by atoms with van der Waals surface area (Å²) in [6.45, 7) is 10.7. The Bertz CT molecular complexity index is 750. The summed E-state index contributed by atoms with van der Waals surface area (Å²) < 4.78 is 0. The lowest BCUT2D eigenvalue weighted by Crippen LogP contribution is -2.23. The first-order valence-electron chi connectivity index (χ1n) is 9.64. The van der Waals surface area contributed by atoms with Crippen LogP contribution in [0.1, 0.15) is 43.0 Å². The predicted molar refractivity (Wildman–Crippen MR) is 107 cm³/mol. The van der Waals surface area contributed by atoms with Crippen molar-refractivity contribution in [2.75, 3.05) is 19.6 Å². The highest BCUT2D eigenvalue weighted by Gasteiger charge is 2.35. The van der Waals surface area contributed by atoms with E-state index < -0.39 is 0 Å². The molecule has 1 saturated heterocycles. The molecule has 0 spiro atoms. The maximum absolute atomic E-state index is 2.62. The Morgan fingerprint density at radius 3 is 2.04 bits per heavy atom. The Kier molecular flexibility index (Phi) is 4.29. The number of likely N-dealkylation sites (tertiary alicyclic amines) is 1. The van der Waals surface area contributed by atoms with E-state index in [9.17, 15) is 0 Å². The molecule has 0 aromatic heterocycles. The van der Waals surface area contributed by atoms with E-state index in [4.69, 9.17) is 0 Å². The van der Waals surface area contributed by atoms with Gasteiger partial charge in [-0.3, -0.25) is 4.90 Å². The van der Waals surface area contributed by atoms with Gasteiger partial charge < -0.3 is 0 Å². The van der Waals surface area contributed by atoms with Crippen molar-refractivity contribution in [3.8, 4) is 0 Å². The maximum atomic E-state index is 2.62. The largest absolute Gasteiger partial charge is 0.299 e. The number of hydrogen-bond acceptors (Lipinski definition) is 1. The van der Waals surface area contributed by atoms with Crippen molar-refractivity contribution >= 4 is 5.57 Å². The van der Waals surface area contributed by atoms with Gasteiger partial charge in [0.05, 0.1) is 0 Å². The third-order valence-corrected chi connectivity index (χ3v) is 6.33. The van der Waals surface area contributed by atoms with E-state index >= 15 is 0 Å². The quantitative estimate of drug-likeness (QED) is 0.731. The average molecular weight is 332 g/mol. The summed E-state index contributed by atoms with van der Waals surface area (Å²) in [6.07, 6.45) is 4.76. The smallest absolute Gasteiger partial charge is 0.0172 e. The molecule has 1 aliphatic heterocycles. The molecule has 2 aromatic carbocycles. The summed E-state index contributed by atoms with van der Waals surface area (Å²) in [5.41, 5.74) is 7.69. The summed E-state index contributed by atoms with van der Waals surface area (Å²) in [7, 11) is 0. The number of nitrogens with zero attached hydrogens (tertiary/aromatic N) is 1. The summed E-state index contributed by atoms with van der Waals surface area (Å²) in [5, 5.41) is 0. The number of benzene rings is 2. The lowest BCUT2D eigenvalue weighted by atomic mass is 9.84. The van der Waals surface area contributed by atoms with E-state index in [1.807, 2.05) is 0 Å². The third-order valence-electron chi connectivity index (χ3n) is 6.33. The van der Waals surface area contributed by atoms with E-state index in [1.165, 1.54) is 40.9 Å². The molecule has 1 heteroatoms. The van der Waals surface area contributed by atoms with Crippen LogP contribution in [0.4, 0.5) is 0 Å². The van der Waals surface area contributed by atoms with E-state index in [-0.39, 0.29) is 0 Å². The highest BCUT2D eigenvalue weighted by Crippen LogP contribution is 2.36. The zero-order valence-electron chi connectivity index (χ0n) is 15.8. The van der Waals surface area contributed by atoms with Gasteiger partial charge in [0.1, 0.15) is 0 Å². The molecule has 1 heterocycles. The minimum atomic E-state index is 0.428. The standard InChI is InChI=1S/C24H29N/c1-18-16-25(17-24(18,2)3)15-14-23-21-10-6-4-8-19(21)12-13-20-9-5-7-11-22(20)23/h4-11,14,18H,12-13,15-17H2,1-3H3. The molecular formula is C24H29N. The first kappa shape index (κ1) is 16.6. The molecule has 1 fully saturated rings. The van der Waals surface area contributed by atoms with Crippen molar-refractivity contribution < 1.29 is 0 Å². The lowest BCUT2D eigenvalue weighted by Gasteiger charge is -2.22. The van der Waals surface area contributed by atoms with Crippen molar-refractivity contribution in [3.63, 3.8) is 0 Å². The van der Waals surface area contributed by atoms with Gasteiger partial charge in [-0.2, -0.15) is 0 Å². The molecule has 2 aromatic rings. The Morgan fingerprint density at radius 2 is 1.52 bits per heavy atom. The molecule has 1 atom stereocenters. The van der Waals surface area contributed by atoms with Gasteiger partial charge in [0.25, 0.3) is 0 Å². The van der Waals surface area contributed by atoms with Gasteiger partial charge in [-0.25, -0.2) is 0 Å². The zero-order chi connectivity index (χ0) is 17.4. The second-order valence-electron chi connectivity index (χ2n) is 8.52. The van der Waals surface area contributed by atoms with Gasteiger partial charge in [0.15, 0.2) is 0 Å². The normalized spacial score (nSPS) is 22.2. The second-order valence-corrected chi connectivity index (χ2v) is 8.52. The average Bonchev–Trinajstić information content (AvgIpc) is 2.78. The number of rotatable bonds is 2. The Morgan fingerprint density at radius 1 is 0.960 bits per heavy atom. The topological polar surface area (TPSA) is 3.24 Å². The van der Waals surface area contributed by atoms with Crippen LogP contribution >= 0.6 is 0 Å². The van der Waals surface area contributed by atoms with Gasteiger partial charge in [-0.15, -0.1) is 0 Å². The number of hydrogen-bond donors (Lipinski definition) is 0. The van der Waals surface area contributed by atoms with Crippen LogP contribution in [-0.4, -0.2) is 24.5 Å². The van der Waals surface area contributed by atoms with Crippen LogP contribution in [-0.2, 0) is 12.8 Å². The van der Waals surface area contributed by atoms with Crippen LogP contribution in [0.5, 0.6) is 0 Å². The monoisotopic (exact) mass is 331 g/mol.